The van der Waals surface area contributed by atoms with Gasteiger partial charge in [-0.25, -0.2) is 9.97 Å². The Balaban J connectivity index is 0.000000138. The number of nitrogens with zero attached hydrogens (tertiary/aromatic N) is 5. The van der Waals surface area contributed by atoms with Crippen molar-refractivity contribution in [3.05, 3.63) is 189 Å². The van der Waals surface area contributed by atoms with Crippen LogP contribution in [0.15, 0.2) is 183 Å². The Morgan fingerprint density at radius 3 is 1.50 bits per heavy atom. The predicted molar refractivity (Wildman–Crippen MR) is 181 cm³/mol. The van der Waals surface area contributed by atoms with Crippen molar-refractivity contribution in [2.45, 2.75) is 0 Å². The zero-order valence-corrected chi connectivity index (χ0v) is 27.3. The van der Waals surface area contributed by atoms with E-state index in [1.54, 1.807) is 6.20 Å². The van der Waals surface area contributed by atoms with Crippen molar-refractivity contribution in [2.75, 3.05) is 0 Å². The van der Waals surface area contributed by atoms with Gasteiger partial charge in [0.05, 0.1) is 5.82 Å². The number of aromatic amines is 1. The second-order valence-corrected chi connectivity index (χ2v) is 9.86. The van der Waals surface area contributed by atoms with Crippen LogP contribution in [0.1, 0.15) is 0 Å². The molecule has 46 heavy (non-hydrogen) atoms. The van der Waals surface area contributed by atoms with Crippen LogP contribution in [-0.2, 0) is 20.1 Å². The summed E-state index contributed by atoms with van der Waals surface area (Å²) in [6, 6.07) is 51.7. The van der Waals surface area contributed by atoms with Crippen LogP contribution in [0.3, 0.4) is 0 Å². The molecule has 7 heteroatoms. The number of rotatable bonds is 5. The fraction of sp³-hybridized carbons (Fsp3) is 0. The molecule has 3 heterocycles. The molecule has 1 radical (unpaired) electrons. The molecule has 0 unspecified atom stereocenters. The van der Waals surface area contributed by atoms with Crippen LogP contribution in [0.2, 0.25) is 0 Å². The van der Waals surface area contributed by atoms with Crippen LogP contribution in [0.25, 0.3) is 45.5 Å². The minimum absolute atomic E-state index is 0. The van der Waals surface area contributed by atoms with E-state index in [0.29, 0.717) is 0 Å². The Hall–Kier alpha value is -5.62. The Morgan fingerprint density at radius 1 is 0.478 bits per heavy atom. The first kappa shape index (κ1) is 31.8. The van der Waals surface area contributed by atoms with Gasteiger partial charge in [0.25, 0.3) is 0 Å². The molecule has 6 nitrogen and oxygen atoms in total. The molecule has 8 rings (SSSR count). The van der Waals surface area contributed by atoms with Crippen LogP contribution < -0.4 is 0 Å². The molecule has 0 fully saturated rings. The Bertz CT molecular complexity index is 1750. The SMILES string of the molecule is [Ir].[c-]1ccccc1-c1nccn1-c1ccccc1.c1ccc(-c2ncc[nH]2)cc1.c1ccc(-c2nccn2-c2ccccc2)cc1. The number of aromatic nitrogens is 6. The summed E-state index contributed by atoms with van der Waals surface area (Å²) in [5.41, 5.74) is 5.49. The zero-order valence-electron chi connectivity index (χ0n) is 24.9. The summed E-state index contributed by atoms with van der Waals surface area (Å²) in [5, 5.41) is 0. The van der Waals surface area contributed by atoms with E-state index in [4.69, 9.17) is 0 Å². The van der Waals surface area contributed by atoms with E-state index in [1.807, 2.05) is 140 Å². The molecule has 227 valence electrons. The van der Waals surface area contributed by atoms with E-state index >= 15 is 0 Å². The van der Waals surface area contributed by atoms with Gasteiger partial charge >= 0.3 is 0 Å². The van der Waals surface area contributed by atoms with Gasteiger partial charge in [0.1, 0.15) is 11.6 Å². The maximum atomic E-state index is 4.43. The minimum atomic E-state index is 0. The molecule has 0 aliphatic heterocycles. The van der Waals surface area contributed by atoms with E-state index in [1.165, 1.54) is 0 Å². The van der Waals surface area contributed by atoms with Crippen LogP contribution in [-0.4, -0.2) is 29.1 Å². The van der Waals surface area contributed by atoms with Crippen LogP contribution in [0.4, 0.5) is 0 Å². The third-order valence-electron chi connectivity index (χ3n) is 6.88. The summed E-state index contributed by atoms with van der Waals surface area (Å²) in [7, 11) is 0. The monoisotopic (exact) mass is 776 g/mol. The van der Waals surface area contributed by atoms with Crippen molar-refractivity contribution in [1.29, 1.82) is 0 Å². The normalized spacial score (nSPS) is 10.0. The third kappa shape index (κ3) is 8.10. The van der Waals surface area contributed by atoms with E-state index in [2.05, 4.69) is 71.5 Å². The topological polar surface area (TPSA) is 64.3 Å². The fourth-order valence-corrected chi connectivity index (χ4v) is 4.75. The van der Waals surface area contributed by atoms with E-state index in [9.17, 15) is 0 Å². The Kier molecular flexibility index (Phi) is 11.4. The molecule has 5 aromatic carbocycles. The number of para-hydroxylation sites is 2. The molecular formula is C39H31IrN6-. The second kappa shape index (κ2) is 16.5. The molecule has 8 aromatic rings. The van der Waals surface area contributed by atoms with Gasteiger partial charge in [-0.2, -0.15) is 0 Å². The van der Waals surface area contributed by atoms with Gasteiger partial charge in [-0.05, 0) is 24.3 Å². The van der Waals surface area contributed by atoms with Gasteiger partial charge in [0.15, 0.2) is 0 Å². The molecule has 0 aliphatic carbocycles. The van der Waals surface area contributed by atoms with Crippen molar-refractivity contribution < 1.29 is 20.1 Å². The average Bonchev–Trinajstić information content (AvgIpc) is 3.94. The first-order valence-corrected chi connectivity index (χ1v) is 14.6. The predicted octanol–water partition coefficient (Wildman–Crippen LogP) is 8.95. The van der Waals surface area contributed by atoms with E-state index in [-0.39, 0.29) is 20.1 Å². The van der Waals surface area contributed by atoms with Gasteiger partial charge < -0.3 is 9.55 Å². The smallest absolute Gasteiger partial charge is 0.144 e. The number of imidazole rings is 3. The number of benzene rings is 5. The van der Waals surface area contributed by atoms with Crippen LogP contribution in [0, 0.1) is 6.07 Å². The van der Waals surface area contributed by atoms with Crippen molar-refractivity contribution in [1.82, 2.24) is 29.1 Å². The number of hydrogen-bond donors (Lipinski definition) is 1. The largest absolute Gasteiger partial charge is 0.345 e. The van der Waals surface area contributed by atoms with Crippen LogP contribution in [0.5, 0.6) is 0 Å². The first-order valence-electron chi connectivity index (χ1n) is 14.6. The average molecular weight is 776 g/mol. The summed E-state index contributed by atoms with van der Waals surface area (Å²) in [6.45, 7) is 0. The van der Waals surface area contributed by atoms with E-state index < -0.39 is 0 Å². The number of H-pyrrole nitrogens is 1. The number of nitrogens with one attached hydrogen (secondary N) is 1. The standard InChI is InChI=1S/C15H12N2.C15H11N2.C9H8N2.Ir/c2*1-3-7-13(8-4-1)15-16-11-12-17(15)14-9-5-2-6-10-14;1-2-4-8(5-3-1)9-10-6-7-11-9;/h1-12H;1-7,9-12H;1-7H,(H,10,11);/q;-1;;. The van der Waals surface area contributed by atoms with Gasteiger partial charge in [-0.1, -0.05) is 97.1 Å². The van der Waals surface area contributed by atoms with Crippen molar-refractivity contribution in [2.24, 2.45) is 0 Å². The Labute approximate surface area is 282 Å². The van der Waals surface area contributed by atoms with Gasteiger partial charge in [-0.15, -0.1) is 35.9 Å². The van der Waals surface area contributed by atoms with E-state index in [0.717, 1.165) is 45.5 Å². The van der Waals surface area contributed by atoms with Crippen molar-refractivity contribution in [3.63, 3.8) is 0 Å². The van der Waals surface area contributed by atoms with Gasteiger partial charge in [0, 0.05) is 79.8 Å². The molecule has 0 saturated heterocycles. The summed E-state index contributed by atoms with van der Waals surface area (Å²) >= 11 is 0. The molecular weight excluding hydrogens is 745 g/mol. The molecule has 0 saturated carbocycles. The van der Waals surface area contributed by atoms with Crippen molar-refractivity contribution in [3.8, 4) is 45.5 Å². The molecule has 0 aliphatic rings. The minimum Gasteiger partial charge on any atom is -0.345 e. The molecule has 3 aromatic heterocycles. The zero-order chi connectivity index (χ0) is 30.5. The number of hydrogen-bond acceptors (Lipinski definition) is 3. The quantitative estimate of drug-likeness (QED) is 0.178. The molecule has 0 bridgehead atoms. The van der Waals surface area contributed by atoms with Gasteiger partial charge in [0.2, 0.25) is 0 Å². The summed E-state index contributed by atoms with van der Waals surface area (Å²) < 4.78 is 4.15. The summed E-state index contributed by atoms with van der Waals surface area (Å²) in [6.07, 6.45) is 11.2. The first-order chi connectivity index (χ1) is 22.4. The molecule has 0 spiro atoms. The van der Waals surface area contributed by atoms with Crippen LogP contribution >= 0.6 is 0 Å². The maximum Gasteiger partial charge on any atom is 0.144 e. The third-order valence-corrected chi connectivity index (χ3v) is 6.88. The summed E-state index contributed by atoms with van der Waals surface area (Å²) in [4.78, 5) is 16.0. The van der Waals surface area contributed by atoms with Crippen molar-refractivity contribution >= 4 is 0 Å². The maximum absolute atomic E-state index is 4.43. The fourth-order valence-electron chi connectivity index (χ4n) is 4.75. The molecule has 0 amide bonds. The second-order valence-electron chi connectivity index (χ2n) is 9.86. The Morgan fingerprint density at radius 2 is 0.978 bits per heavy atom. The van der Waals surface area contributed by atoms with Gasteiger partial charge in [-0.3, -0.25) is 9.55 Å². The summed E-state index contributed by atoms with van der Waals surface area (Å²) in [5.74, 6) is 2.80. The molecule has 1 N–H and O–H groups in total. The molecule has 0 atom stereocenters.